The Hall–Kier alpha value is -2.27. The lowest BCUT2D eigenvalue weighted by atomic mass is 10.1. The summed E-state index contributed by atoms with van der Waals surface area (Å²) in [4.78, 5) is 26.7. The molecule has 0 aliphatic carbocycles. The number of ether oxygens (including phenoxy) is 1. The molecule has 1 aliphatic heterocycles. The first-order valence-corrected chi connectivity index (χ1v) is 8.27. The van der Waals surface area contributed by atoms with Gasteiger partial charge in [-0.1, -0.05) is 30.3 Å². The van der Waals surface area contributed by atoms with Crippen LogP contribution in [0, 0.1) is 0 Å². The monoisotopic (exact) mass is 327 g/mol. The molecule has 1 aliphatic rings. The lowest BCUT2D eigenvalue weighted by Gasteiger charge is -2.32. The number of fused-ring (bicyclic) bond motifs is 1. The molecule has 0 spiro atoms. The average Bonchev–Trinajstić information content (AvgIpc) is 2.53. The molecule has 0 saturated carbocycles. The van der Waals surface area contributed by atoms with Gasteiger partial charge < -0.3 is 9.64 Å². The number of hydrogen-bond donors (Lipinski definition) is 0. The largest absolute Gasteiger partial charge is 0.426 e. The van der Waals surface area contributed by atoms with E-state index in [0.717, 1.165) is 16.1 Å². The Labute approximate surface area is 139 Å². The maximum absolute atomic E-state index is 12.6. The van der Waals surface area contributed by atoms with Crippen molar-refractivity contribution < 1.29 is 14.3 Å². The van der Waals surface area contributed by atoms with Gasteiger partial charge in [0, 0.05) is 17.4 Å². The predicted molar refractivity (Wildman–Crippen MR) is 90.7 cm³/mol. The maximum Gasteiger partial charge on any atom is 0.308 e. The van der Waals surface area contributed by atoms with Crippen LogP contribution in [-0.2, 0) is 16.1 Å². The summed E-state index contributed by atoms with van der Waals surface area (Å²) < 4.78 is 5.25. The van der Waals surface area contributed by atoms with Crippen LogP contribution < -0.4 is 9.64 Å². The molecule has 4 nitrogen and oxygen atoms in total. The normalized spacial score (nSPS) is 16.9. The number of thioether (sulfide) groups is 1. The quantitative estimate of drug-likeness (QED) is 0.638. The zero-order valence-corrected chi connectivity index (χ0v) is 13.8. The van der Waals surface area contributed by atoms with Gasteiger partial charge in [0.1, 0.15) is 5.75 Å². The second-order valence-corrected chi connectivity index (χ2v) is 6.74. The number of rotatable bonds is 3. The number of amides is 1. The molecule has 2 aromatic carbocycles. The van der Waals surface area contributed by atoms with Crippen LogP contribution in [0.3, 0.4) is 0 Å². The summed E-state index contributed by atoms with van der Waals surface area (Å²) in [5, 5.41) is -0.134. The Bertz CT molecular complexity index is 759. The van der Waals surface area contributed by atoms with E-state index in [0.29, 0.717) is 12.3 Å². The minimum absolute atomic E-state index is 0.0614. The van der Waals surface area contributed by atoms with E-state index >= 15 is 0 Å². The third-order valence-corrected chi connectivity index (χ3v) is 4.78. The van der Waals surface area contributed by atoms with E-state index in [2.05, 4.69) is 0 Å². The molecular weight excluding hydrogens is 310 g/mol. The smallest absolute Gasteiger partial charge is 0.308 e. The van der Waals surface area contributed by atoms with Gasteiger partial charge in [0.2, 0.25) is 5.91 Å². The highest BCUT2D eigenvalue weighted by Crippen LogP contribution is 2.40. The second-order valence-electron chi connectivity index (χ2n) is 5.35. The van der Waals surface area contributed by atoms with E-state index in [9.17, 15) is 9.59 Å². The molecule has 1 atom stereocenters. The van der Waals surface area contributed by atoms with Crippen molar-refractivity contribution >= 4 is 29.3 Å². The first-order valence-electron chi connectivity index (χ1n) is 7.39. The number of benzene rings is 2. The van der Waals surface area contributed by atoms with Crippen molar-refractivity contribution in [1.29, 1.82) is 0 Å². The number of hydrogen-bond acceptors (Lipinski definition) is 4. The molecular formula is C18H17NO3S. The molecule has 0 N–H and O–H groups in total. The van der Waals surface area contributed by atoms with E-state index < -0.39 is 0 Å². The third-order valence-electron chi connectivity index (χ3n) is 3.63. The molecule has 1 heterocycles. The first-order chi connectivity index (χ1) is 11.1. The Morgan fingerprint density at radius 1 is 1.17 bits per heavy atom. The summed E-state index contributed by atoms with van der Waals surface area (Å²) in [7, 11) is 0. The van der Waals surface area contributed by atoms with Crippen molar-refractivity contribution in [3.63, 3.8) is 0 Å². The summed E-state index contributed by atoms with van der Waals surface area (Å²) in [5.74, 6) is 0.189. The molecule has 0 saturated heterocycles. The standard InChI is InChI=1S/C18H17NO3S/c1-12-18(21)19(15-8-4-6-10-17(15)23-12)11-14-7-3-5-9-16(14)22-13(2)20/h3-10,12H,11H2,1-2H3. The van der Waals surface area contributed by atoms with Crippen molar-refractivity contribution in [2.24, 2.45) is 0 Å². The zero-order valence-electron chi connectivity index (χ0n) is 13.0. The lowest BCUT2D eigenvalue weighted by molar-refractivity contribution is -0.131. The summed E-state index contributed by atoms with van der Waals surface area (Å²) >= 11 is 1.57. The summed E-state index contributed by atoms with van der Waals surface area (Å²) in [6.07, 6.45) is 0. The van der Waals surface area contributed by atoms with E-state index in [1.165, 1.54) is 6.92 Å². The van der Waals surface area contributed by atoms with Crippen molar-refractivity contribution in [3.05, 3.63) is 54.1 Å². The molecule has 0 fully saturated rings. The lowest BCUT2D eigenvalue weighted by Crippen LogP contribution is -2.39. The van der Waals surface area contributed by atoms with Crippen LogP contribution >= 0.6 is 11.8 Å². The molecule has 118 valence electrons. The van der Waals surface area contributed by atoms with E-state index in [-0.39, 0.29) is 17.1 Å². The molecule has 5 heteroatoms. The molecule has 1 amide bonds. The molecule has 2 aromatic rings. The Morgan fingerprint density at radius 3 is 2.65 bits per heavy atom. The summed E-state index contributed by atoms with van der Waals surface area (Å²) in [6.45, 7) is 3.66. The number of carbonyl (C=O) groups excluding carboxylic acids is 2. The fourth-order valence-electron chi connectivity index (χ4n) is 2.58. The zero-order chi connectivity index (χ0) is 16.4. The highest BCUT2D eigenvalue weighted by Gasteiger charge is 2.30. The number of para-hydroxylation sites is 2. The van der Waals surface area contributed by atoms with Crippen molar-refractivity contribution in [2.75, 3.05) is 4.90 Å². The third kappa shape index (κ3) is 3.24. The second kappa shape index (κ2) is 6.46. The fraction of sp³-hybridized carbons (Fsp3) is 0.222. The molecule has 3 rings (SSSR count). The maximum atomic E-state index is 12.6. The van der Waals surface area contributed by atoms with Gasteiger partial charge in [-0.15, -0.1) is 11.8 Å². The molecule has 1 unspecified atom stereocenters. The van der Waals surface area contributed by atoms with Crippen molar-refractivity contribution in [1.82, 2.24) is 0 Å². The van der Waals surface area contributed by atoms with Crippen LogP contribution in [0.1, 0.15) is 19.4 Å². The van der Waals surface area contributed by atoms with Crippen LogP contribution in [0.4, 0.5) is 5.69 Å². The van der Waals surface area contributed by atoms with E-state index in [4.69, 9.17) is 4.74 Å². The number of nitrogens with zero attached hydrogens (tertiary/aromatic N) is 1. The summed E-state index contributed by atoms with van der Waals surface area (Å²) in [5.41, 5.74) is 1.71. The van der Waals surface area contributed by atoms with Crippen molar-refractivity contribution in [3.8, 4) is 5.75 Å². The van der Waals surface area contributed by atoms with E-state index in [1.807, 2.05) is 49.4 Å². The van der Waals surface area contributed by atoms with Gasteiger partial charge in [-0.2, -0.15) is 0 Å². The highest BCUT2D eigenvalue weighted by atomic mass is 32.2. The van der Waals surface area contributed by atoms with Gasteiger partial charge in [0.15, 0.2) is 0 Å². The molecule has 0 aromatic heterocycles. The minimum Gasteiger partial charge on any atom is -0.426 e. The van der Waals surface area contributed by atoms with Gasteiger partial charge in [0.05, 0.1) is 17.5 Å². The molecule has 23 heavy (non-hydrogen) atoms. The van der Waals surface area contributed by atoms with Gasteiger partial charge in [-0.3, -0.25) is 9.59 Å². The van der Waals surface area contributed by atoms with Crippen LogP contribution in [0.25, 0.3) is 0 Å². The van der Waals surface area contributed by atoms with Gasteiger partial charge >= 0.3 is 5.97 Å². The van der Waals surface area contributed by atoms with Crippen LogP contribution in [0.15, 0.2) is 53.4 Å². The number of carbonyl (C=O) groups is 2. The molecule has 0 radical (unpaired) electrons. The molecule has 0 bridgehead atoms. The van der Waals surface area contributed by atoms with Crippen LogP contribution in [-0.4, -0.2) is 17.1 Å². The highest BCUT2D eigenvalue weighted by molar-refractivity contribution is 8.00. The van der Waals surface area contributed by atoms with Crippen LogP contribution in [0.5, 0.6) is 5.75 Å². The number of esters is 1. The SMILES string of the molecule is CC(=O)Oc1ccccc1CN1C(=O)C(C)Sc2ccccc21. The topological polar surface area (TPSA) is 46.6 Å². The Kier molecular flexibility index (Phi) is 4.39. The predicted octanol–water partition coefficient (Wildman–Crippen LogP) is 3.64. The Morgan fingerprint density at radius 2 is 1.87 bits per heavy atom. The van der Waals surface area contributed by atoms with Gasteiger partial charge in [-0.05, 0) is 25.1 Å². The van der Waals surface area contributed by atoms with Crippen LogP contribution in [0.2, 0.25) is 0 Å². The van der Waals surface area contributed by atoms with Gasteiger partial charge in [-0.25, -0.2) is 0 Å². The van der Waals surface area contributed by atoms with E-state index in [1.54, 1.807) is 22.7 Å². The summed E-state index contributed by atoms with van der Waals surface area (Å²) in [6, 6.07) is 15.2. The Balaban J connectivity index is 1.96. The fourth-order valence-corrected chi connectivity index (χ4v) is 3.65. The number of anilines is 1. The van der Waals surface area contributed by atoms with Crippen molar-refractivity contribution in [2.45, 2.75) is 30.5 Å². The minimum atomic E-state index is -0.369. The van der Waals surface area contributed by atoms with Gasteiger partial charge in [0.25, 0.3) is 0 Å². The average molecular weight is 327 g/mol. The first kappa shape index (κ1) is 15.6.